The van der Waals surface area contributed by atoms with Gasteiger partial charge in [-0.1, -0.05) is 110 Å². The molecule has 0 aromatic heterocycles. The van der Waals surface area contributed by atoms with Crippen molar-refractivity contribution in [2.75, 3.05) is 30.1 Å². The molecule has 1 N–H and O–H groups in total. The number of aliphatic hydroxyl groups is 1. The molecule has 1 spiro atoms. The zero-order valence-electron chi connectivity index (χ0n) is 32.7. The van der Waals surface area contributed by atoms with E-state index in [-0.39, 0.29) is 49.4 Å². The van der Waals surface area contributed by atoms with Crippen molar-refractivity contribution in [3.05, 3.63) is 149 Å². The summed E-state index contributed by atoms with van der Waals surface area (Å²) in [5, 5.41) is 11.7. The first-order valence-electron chi connectivity index (χ1n) is 19.3. The highest BCUT2D eigenvalue weighted by Gasteiger charge is 2.66. The van der Waals surface area contributed by atoms with Gasteiger partial charge in [-0.2, -0.15) is 0 Å². The molecule has 0 saturated carbocycles. The Labute approximate surface area is 340 Å². The summed E-state index contributed by atoms with van der Waals surface area (Å²) in [6.07, 6.45) is 0.190. The van der Waals surface area contributed by atoms with Crippen molar-refractivity contribution in [3.8, 4) is 5.75 Å². The van der Waals surface area contributed by atoms with E-state index >= 15 is 4.79 Å². The fourth-order valence-electron chi connectivity index (χ4n) is 9.01. The summed E-state index contributed by atoms with van der Waals surface area (Å²) in [4.78, 5) is 47.1. The molecule has 9 nitrogen and oxygen atoms in total. The Morgan fingerprint density at radius 2 is 1.58 bits per heavy atom. The quantitative estimate of drug-likeness (QED) is 0.0909. The average molecular weight is 802 g/mol. The molecular formula is C46H48ClN3O6Si. The Balaban J connectivity index is 1.28. The van der Waals surface area contributed by atoms with Crippen molar-refractivity contribution in [1.82, 2.24) is 4.90 Å². The third-order valence-electron chi connectivity index (χ3n) is 11.8. The molecule has 2 aliphatic rings. The number of hydrogen-bond donors (Lipinski definition) is 1. The summed E-state index contributed by atoms with van der Waals surface area (Å²) in [6, 6.07) is 40.3. The first-order valence-corrected chi connectivity index (χ1v) is 22.7. The van der Waals surface area contributed by atoms with Gasteiger partial charge in [-0.25, -0.2) is 0 Å². The Hall–Kier alpha value is -5.26. The summed E-state index contributed by atoms with van der Waals surface area (Å²) in [6.45, 7) is 7.18. The molecule has 5 aromatic carbocycles. The SMILES string of the molecule is COc1ccc([Si](C)(C)[C@H]2[C@H](CC(=O)N(CCO)Cc3ccccc3)O[C@@]3(C(=O)N(Cc4cccc(N(C=O)c5ccccc5)c4)c4ccc(Cl)cc43)[C@@H]2C)cc1. The van der Waals surface area contributed by atoms with Crippen molar-refractivity contribution in [2.45, 2.75) is 56.8 Å². The smallest absolute Gasteiger partial charge is 0.264 e. The van der Waals surface area contributed by atoms with E-state index < -0.39 is 19.8 Å². The number of carbonyl (C=O) groups excluding carboxylic acids is 3. The highest BCUT2D eigenvalue weighted by Crippen LogP contribution is 2.60. The van der Waals surface area contributed by atoms with E-state index in [2.05, 4.69) is 32.2 Å². The Morgan fingerprint density at radius 3 is 2.25 bits per heavy atom. The molecule has 11 heteroatoms. The first kappa shape index (κ1) is 40.0. The van der Waals surface area contributed by atoms with Gasteiger partial charge in [0.1, 0.15) is 5.75 Å². The van der Waals surface area contributed by atoms with Gasteiger partial charge in [0, 0.05) is 41.0 Å². The molecule has 0 bridgehead atoms. The van der Waals surface area contributed by atoms with E-state index in [0.717, 1.165) is 34.2 Å². The van der Waals surface area contributed by atoms with Crippen molar-refractivity contribution in [1.29, 1.82) is 0 Å². The first-order chi connectivity index (χ1) is 27.5. The third kappa shape index (κ3) is 7.62. The molecule has 4 atom stereocenters. The Bertz CT molecular complexity index is 2220. The lowest BCUT2D eigenvalue weighted by molar-refractivity contribution is -0.150. The van der Waals surface area contributed by atoms with Crippen LogP contribution < -0.4 is 19.7 Å². The van der Waals surface area contributed by atoms with Gasteiger partial charge in [-0.3, -0.25) is 19.3 Å². The summed E-state index contributed by atoms with van der Waals surface area (Å²) in [5.74, 6) is 0.0145. The highest BCUT2D eigenvalue weighted by molar-refractivity contribution is 6.91. The van der Waals surface area contributed by atoms with Gasteiger partial charge in [-0.15, -0.1) is 0 Å². The van der Waals surface area contributed by atoms with Crippen LogP contribution in [-0.4, -0.2) is 62.7 Å². The molecule has 0 radical (unpaired) electrons. The number of rotatable bonds is 14. The van der Waals surface area contributed by atoms with Crippen LogP contribution in [0.15, 0.2) is 127 Å². The van der Waals surface area contributed by atoms with Crippen molar-refractivity contribution in [2.24, 2.45) is 5.92 Å². The van der Waals surface area contributed by atoms with E-state index in [4.69, 9.17) is 21.1 Å². The van der Waals surface area contributed by atoms with Crippen molar-refractivity contribution >= 4 is 60.1 Å². The van der Waals surface area contributed by atoms with Gasteiger partial charge in [0.05, 0.1) is 46.5 Å². The molecule has 57 heavy (non-hydrogen) atoms. The number of para-hydroxylation sites is 1. The van der Waals surface area contributed by atoms with Gasteiger partial charge in [0.25, 0.3) is 5.91 Å². The van der Waals surface area contributed by atoms with E-state index in [9.17, 15) is 14.7 Å². The maximum absolute atomic E-state index is 15.4. The van der Waals surface area contributed by atoms with Crippen LogP contribution in [0.5, 0.6) is 5.75 Å². The molecule has 0 unspecified atom stereocenters. The van der Waals surface area contributed by atoms with Crippen LogP contribution in [0, 0.1) is 5.92 Å². The van der Waals surface area contributed by atoms with Crippen LogP contribution in [0.4, 0.5) is 17.1 Å². The minimum Gasteiger partial charge on any atom is -0.497 e. The van der Waals surface area contributed by atoms with E-state index in [1.165, 1.54) is 0 Å². The largest absolute Gasteiger partial charge is 0.497 e. The van der Waals surface area contributed by atoms with Gasteiger partial charge in [0.15, 0.2) is 5.60 Å². The zero-order chi connectivity index (χ0) is 40.3. The minimum absolute atomic E-state index is 0.0302. The number of ether oxygens (including phenoxy) is 2. The normalized spacial score (nSPS) is 20.1. The number of benzene rings is 5. The topological polar surface area (TPSA) is 99.6 Å². The number of fused-ring (bicyclic) bond motifs is 2. The second kappa shape index (κ2) is 16.7. The lowest BCUT2D eigenvalue weighted by Gasteiger charge is -2.37. The standard InChI is InChI=1S/C46H48ClN3O6Si/c1-32-44(57(3,4)39-21-19-38(55-2)20-22-39)42(28-43(53)48(24-25-51)29-33-12-7-5-8-13-33)56-46(32)40-27-35(47)18-23-41(40)49(45(46)54)30-34-14-11-17-37(26-34)50(31-52)36-15-9-6-10-16-36/h5-23,26-27,31-32,42,44,51H,24-25,28-30H2,1-4H3/t32-,42+,44-,46+/m1/s1. The predicted octanol–water partition coefficient (Wildman–Crippen LogP) is 7.82. The van der Waals surface area contributed by atoms with Crippen molar-refractivity contribution < 1.29 is 29.0 Å². The van der Waals surface area contributed by atoms with Crippen LogP contribution in [0.25, 0.3) is 0 Å². The maximum Gasteiger partial charge on any atom is 0.264 e. The summed E-state index contributed by atoms with van der Waals surface area (Å²) >= 11 is 6.73. The fraction of sp³-hybridized carbons (Fsp3) is 0.283. The number of methoxy groups -OCH3 is 1. The molecule has 1 saturated heterocycles. The third-order valence-corrected chi connectivity index (χ3v) is 16.4. The number of halogens is 1. The monoisotopic (exact) mass is 801 g/mol. The molecule has 7 rings (SSSR count). The molecule has 2 aliphatic heterocycles. The number of hydrogen-bond acceptors (Lipinski definition) is 6. The number of aliphatic hydroxyl groups excluding tert-OH is 1. The maximum atomic E-state index is 15.4. The van der Waals surface area contributed by atoms with Gasteiger partial charge < -0.3 is 24.4 Å². The summed E-state index contributed by atoms with van der Waals surface area (Å²) in [5.41, 5.74) is 2.94. The fourth-order valence-corrected chi connectivity index (χ4v) is 13.2. The zero-order valence-corrected chi connectivity index (χ0v) is 34.4. The molecular weight excluding hydrogens is 754 g/mol. The number of nitrogens with zero attached hydrogens (tertiary/aromatic N) is 3. The van der Waals surface area contributed by atoms with Crippen LogP contribution >= 0.6 is 11.6 Å². The summed E-state index contributed by atoms with van der Waals surface area (Å²) < 4.78 is 12.7. The molecule has 5 aromatic rings. The van der Waals surface area contributed by atoms with Gasteiger partial charge in [0.2, 0.25) is 12.3 Å². The molecule has 294 valence electrons. The highest BCUT2D eigenvalue weighted by atomic mass is 35.5. The predicted molar refractivity (Wildman–Crippen MR) is 227 cm³/mol. The van der Waals surface area contributed by atoms with E-state index in [1.54, 1.807) is 27.9 Å². The van der Waals surface area contributed by atoms with Gasteiger partial charge in [-0.05, 0) is 71.3 Å². The molecule has 3 amide bonds. The second-order valence-corrected chi connectivity index (χ2v) is 20.5. The number of amides is 3. The average Bonchev–Trinajstić information content (AvgIpc) is 3.64. The van der Waals surface area contributed by atoms with Crippen LogP contribution in [0.1, 0.15) is 30.0 Å². The lowest BCUT2D eigenvalue weighted by Crippen LogP contribution is -2.52. The van der Waals surface area contributed by atoms with Gasteiger partial charge >= 0.3 is 0 Å². The number of anilines is 3. The lowest BCUT2D eigenvalue weighted by atomic mass is 9.82. The Morgan fingerprint density at radius 1 is 0.912 bits per heavy atom. The second-order valence-electron chi connectivity index (χ2n) is 15.4. The van der Waals surface area contributed by atoms with E-state index in [0.29, 0.717) is 28.5 Å². The van der Waals surface area contributed by atoms with Crippen LogP contribution in [-0.2, 0) is 37.8 Å². The van der Waals surface area contributed by atoms with E-state index in [1.807, 2.05) is 109 Å². The molecule has 1 fully saturated rings. The Kier molecular flexibility index (Phi) is 11.7. The van der Waals surface area contributed by atoms with Crippen molar-refractivity contribution in [3.63, 3.8) is 0 Å². The van der Waals surface area contributed by atoms with Crippen LogP contribution in [0.2, 0.25) is 23.7 Å². The minimum atomic E-state index is -2.56. The van der Waals surface area contributed by atoms with Crippen LogP contribution in [0.3, 0.4) is 0 Å². The molecule has 2 heterocycles. The molecule has 0 aliphatic carbocycles. The number of carbonyl (C=O) groups is 3. The summed E-state index contributed by atoms with van der Waals surface area (Å²) in [7, 11) is -0.916.